The number of hydrazine groups is 1. The maximum Gasteiger partial charge on any atom is 0.328 e. The average molecular weight is 276 g/mol. The minimum atomic E-state index is -1.00. The molecule has 106 valence electrons. The van der Waals surface area contributed by atoms with Gasteiger partial charge < -0.3 is 9.84 Å². The summed E-state index contributed by atoms with van der Waals surface area (Å²) in [6.45, 7) is 2.56. The molecule has 6 nitrogen and oxygen atoms in total. The molecule has 1 aromatic carbocycles. The lowest BCUT2D eigenvalue weighted by atomic mass is 10.1. The molecule has 1 aliphatic heterocycles. The normalized spacial score (nSPS) is 16.2. The molecule has 0 aromatic heterocycles. The summed E-state index contributed by atoms with van der Waals surface area (Å²) in [7, 11) is 0. The van der Waals surface area contributed by atoms with E-state index in [2.05, 4.69) is 5.43 Å². The Bertz CT molecular complexity index is 504. The number of aliphatic carboxylic acids is 1. The van der Waals surface area contributed by atoms with Crippen molar-refractivity contribution in [1.82, 2.24) is 10.4 Å². The van der Waals surface area contributed by atoms with Crippen molar-refractivity contribution in [2.45, 2.75) is 0 Å². The summed E-state index contributed by atoms with van der Waals surface area (Å²) >= 11 is 0. The SMILES string of the molecule is O=C(O)/C=C/c1ccc(C(=O)NN2CCOCC2)cc1. The van der Waals surface area contributed by atoms with E-state index in [0.29, 0.717) is 31.9 Å². The zero-order valence-corrected chi connectivity index (χ0v) is 10.9. The summed E-state index contributed by atoms with van der Waals surface area (Å²) in [5.41, 5.74) is 4.07. The third-order valence-electron chi connectivity index (χ3n) is 2.86. The van der Waals surface area contributed by atoms with Gasteiger partial charge in [-0.25, -0.2) is 9.80 Å². The Labute approximate surface area is 116 Å². The molecule has 1 saturated heterocycles. The molecule has 0 unspecified atom stereocenters. The van der Waals surface area contributed by atoms with Crippen LogP contribution in [0.15, 0.2) is 30.3 Å². The van der Waals surface area contributed by atoms with Crippen molar-refractivity contribution in [3.05, 3.63) is 41.5 Å². The van der Waals surface area contributed by atoms with Crippen LogP contribution in [0, 0.1) is 0 Å². The van der Waals surface area contributed by atoms with Crippen molar-refractivity contribution in [2.75, 3.05) is 26.3 Å². The second-order valence-corrected chi connectivity index (χ2v) is 4.33. The quantitative estimate of drug-likeness (QED) is 0.794. The molecule has 0 saturated carbocycles. The molecule has 0 atom stereocenters. The van der Waals surface area contributed by atoms with Crippen LogP contribution in [0.1, 0.15) is 15.9 Å². The summed E-state index contributed by atoms with van der Waals surface area (Å²) < 4.78 is 5.20. The van der Waals surface area contributed by atoms with Crippen molar-refractivity contribution in [3.63, 3.8) is 0 Å². The van der Waals surface area contributed by atoms with Crippen molar-refractivity contribution < 1.29 is 19.4 Å². The number of hydrogen-bond donors (Lipinski definition) is 2. The Morgan fingerprint density at radius 3 is 2.45 bits per heavy atom. The predicted octanol–water partition coefficient (Wildman–Crippen LogP) is 0.761. The first-order valence-electron chi connectivity index (χ1n) is 6.30. The number of ether oxygens (including phenoxy) is 1. The maximum atomic E-state index is 12.0. The van der Waals surface area contributed by atoms with E-state index in [-0.39, 0.29) is 5.91 Å². The lowest BCUT2D eigenvalue weighted by Crippen LogP contribution is -2.48. The van der Waals surface area contributed by atoms with Crippen LogP contribution in [-0.2, 0) is 9.53 Å². The monoisotopic (exact) mass is 276 g/mol. The summed E-state index contributed by atoms with van der Waals surface area (Å²) in [6, 6.07) is 6.73. The van der Waals surface area contributed by atoms with Gasteiger partial charge in [-0.15, -0.1) is 0 Å². The number of rotatable bonds is 4. The van der Waals surface area contributed by atoms with Crippen LogP contribution in [0.3, 0.4) is 0 Å². The fraction of sp³-hybridized carbons (Fsp3) is 0.286. The topological polar surface area (TPSA) is 78.9 Å². The molecule has 2 rings (SSSR count). The maximum absolute atomic E-state index is 12.0. The summed E-state index contributed by atoms with van der Waals surface area (Å²) in [5, 5.41) is 10.4. The van der Waals surface area contributed by atoms with E-state index < -0.39 is 5.97 Å². The highest BCUT2D eigenvalue weighted by Crippen LogP contribution is 2.07. The molecule has 2 N–H and O–H groups in total. The second kappa shape index (κ2) is 6.83. The number of carbonyl (C=O) groups excluding carboxylic acids is 1. The third-order valence-corrected chi connectivity index (χ3v) is 2.86. The zero-order valence-electron chi connectivity index (χ0n) is 10.9. The molecule has 0 radical (unpaired) electrons. The van der Waals surface area contributed by atoms with Crippen LogP contribution in [0.25, 0.3) is 6.08 Å². The molecule has 1 amide bonds. The van der Waals surface area contributed by atoms with Gasteiger partial charge >= 0.3 is 5.97 Å². The molecule has 0 aliphatic carbocycles. The van der Waals surface area contributed by atoms with Gasteiger partial charge in [-0.3, -0.25) is 10.2 Å². The van der Waals surface area contributed by atoms with Gasteiger partial charge in [0.05, 0.1) is 13.2 Å². The standard InChI is InChI=1S/C14H16N2O4/c17-13(18)6-3-11-1-4-12(5-2-11)14(19)15-16-7-9-20-10-8-16/h1-6H,7-10H2,(H,15,19)(H,17,18)/b6-3+. The Balaban J connectivity index is 1.94. The fourth-order valence-corrected chi connectivity index (χ4v) is 1.80. The highest BCUT2D eigenvalue weighted by atomic mass is 16.5. The van der Waals surface area contributed by atoms with Crippen LogP contribution < -0.4 is 5.43 Å². The lowest BCUT2D eigenvalue weighted by molar-refractivity contribution is -0.131. The number of amides is 1. The molecular formula is C14H16N2O4. The predicted molar refractivity (Wildman–Crippen MR) is 73.0 cm³/mol. The third kappa shape index (κ3) is 4.18. The highest BCUT2D eigenvalue weighted by molar-refractivity contribution is 5.94. The molecular weight excluding hydrogens is 260 g/mol. The molecule has 0 bridgehead atoms. The van der Waals surface area contributed by atoms with Gasteiger partial charge in [0.2, 0.25) is 0 Å². The second-order valence-electron chi connectivity index (χ2n) is 4.33. The van der Waals surface area contributed by atoms with E-state index in [1.54, 1.807) is 24.3 Å². The van der Waals surface area contributed by atoms with E-state index in [0.717, 1.165) is 11.6 Å². The minimum Gasteiger partial charge on any atom is -0.478 e. The number of benzene rings is 1. The van der Waals surface area contributed by atoms with Gasteiger partial charge in [-0.05, 0) is 23.8 Å². The van der Waals surface area contributed by atoms with Crippen LogP contribution in [-0.4, -0.2) is 48.3 Å². The van der Waals surface area contributed by atoms with Crippen molar-refractivity contribution in [2.24, 2.45) is 0 Å². The Morgan fingerprint density at radius 2 is 1.85 bits per heavy atom. The van der Waals surface area contributed by atoms with Crippen molar-refractivity contribution in [1.29, 1.82) is 0 Å². The van der Waals surface area contributed by atoms with Crippen LogP contribution >= 0.6 is 0 Å². The zero-order chi connectivity index (χ0) is 14.4. The van der Waals surface area contributed by atoms with E-state index in [1.165, 1.54) is 6.08 Å². The summed E-state index contributed by atoms with van der Waals surface area (Å²) in [5.74, 6) is -1.18. The molecule has 1 fully saturated rings. The smallest absolute Gasteiger partial charge is 0.328 e. The van der Waals surface area contributed by atoms with Gasteiger partial charge in [-0.2, -0.15) is 0 Å². The number of nitrogens with one attached hydrogen (secondary N) is 1. The molecule has 1 aliphatic rings. The Morgan fingerprint density at radius 1 is 1.20 bits per heavy atom. The van der Waals surface area contributed by atoms with Crippen LogP contribution in [0.2, 0.25) is 0 Å². The van der Waals surface area contributed by atoms with Crippen LogP contribution in [0.5, 0.6) is 0 Å². The van der Waals surface area contributed by atoms with Crippen LogP contribution in [0.4, 0.5) is 0 Å². The summed E-state index contributed by atoms with van der Waals surface area (Å²) in [6.07, 6.45) is 2.54. The highest BCUT2D eigenvalue weighted by Gasteiger charge is 2.13. The Kier molecular flexibility index (Phi) is 4.86. The van der Waals surface area contributed by atoms with Gasteiger partial charge in [0.1, 0.15) is 0 Å². The number of morpholine rings is 1. The molecule has 20 heavy (non-hydrogen) atoms. The first-order chi connectivity index (χ1) is 9.65. The van der Waals surface area contributed by atoms with Crippen molar-refractivity contribution >= 4 is 18.0 Å². The fourth-order valence-electron chi connectivity index (χ4n) is 1.80. The van der Waals surface area contributed by atoms with Gasteiger partial charge in [0.25, 0.3) is 5.91 Å². The van der Waals surface area contributed by atoms with E-state index in [1.807, 2.05) is 5.01 Å². The molecule has 1 aromatic rings. The van der Waals surface area contributed by atoms with E-state index in [9.17, 15) is 9.59 Å². The summed E-state index contributed by atoms with van der Waals surface area (Å²) in [4.78, 5) is 22.4. The Hall–Kier alpha value is -2.18. The van der Waals surface area contributed by atoms with Gasteiger partial charge in [0.15, 0.2) is 0 Å². The molecule has 0 spiro atoms. The van der Waals surface area contributed by atoms with Gasteiger partial charge in [-0.1, -0.05) is 12.1 Å². The number of carbonyl (C=O) groups is 2. The number of nitrogens with zero attached hydrogens (tertiary/aromatic N) is 1. The van der Waals surface area contributed by atoms with E-state index in [4.69, 9.17) is 9.84 Å². The number of carboxylic acids is 1. The number of hydrogen-bond acceptors (Lipinski definition) is 4. The van der Waals surface area contributed by atoms with E-state index >= 15 is 0 Å². The lowest BCUT2D eigenvalue weighted by Gasteiger charge is -2.26. The van der Waals surface area contributed by atoms with Gasteiger partial charge in [0, 0.05) is 24.7 Å². The average Bonchev–Trinajstić information content (AvgIpc) is 2.46. The first-order valence-corrected chi connectivity index (χ1v) is 6.30. The van der Waals surface area contributed by atoms with Crippen molar-refractivity contribution in [3.8, 4) is 0 Å². The number of carboxylic acid groups (broad SMARTS) is 1. The molecule has 6 heteroatoms. The minimum absolute atomic E-state index is 0.180. The largest absolute Gasteiger partial charge is 0.478 e. The first kappa shape index (κ1) is 14.2. The molecule has 1 heterocycles.